The summed E-state index contributed by atoms with van der Waals surface area (Å²) in [5.74, 6) is -2.23. The summed E-state index contributed by atoms with van der Waals surface area (Å²) < 4.78 is 6.34. The van der Waals surface area contributed by atoms with E-state index in [1.165, 1.54) is 0 Å². The lowest BCUT2D eigenvalue weighted by Crippen LogP contribution is -2.37. The molecule has 0 N–H and O–H groups in total. The van der Waals surface area contributed by atoms with E-state index in [1.54, 1.807) is 24.3 Å². The minimum atomic E-state index is -0.783. The number of carbonyl (C=O) groups excluding carboxylic acids is 3. The monoisotopic (exact) mass is 406 g/mol. The van der Waals surface area contributed by atoms with Crippen molar-refractivity contribution < 1.29 is 19.1 Å². The van der Waals surface area contributed by atoms with Crippen LogP contribution in [0.25, 0.3) is 10.9 Å². The number of likely N-dealkylation sites (tertiary alicyclic amines) is 1. The third-order valence-electron chi connectivity index (χ3n) is 5.42. The predicted molar refractivity (Wildman–Crippen MR) is 103 cm³/mol. The zero-order valence-corrected chi connectivity index (χ0v) is 16.0. The molecule has 1 aromatic carbocycles. The number of rotatable bonds is 5. The smallest absolute Gasteiger partial charge is 0.326 e. The van der Waals surface area contributed by atoms with Gasteiger partial charge in [0.15, 0.2) is 5.82 Å². The average Bonchev–Trinajstić information content (AvgIpc) is 3.00. The molecule has 4 rings (SSSR count). The van der Waals surface area contributed by atoms with Gasteiger partial charge in [-0.05, 0) is 25.0 Å². The van der Waals surface area contributed by atoms with Crippen molar-refractivity contribution in [3.63, 3.8) is 0 Å². The van der Waals surface area contributed by atoms with E-state index in [2.05, 4.69) is 4.98 Å². The number of benzene rings is 1. The summed E-state index contributed by atoms with van der Waals surface area (Å²) in [4.78, 5) is 55.1. The van der Waals surface area contributed by atoms with Crippen LogP contribution < -0.4 is 5.56 Å². The second-order valence-electron chi connectivity index (χ2n) is 7.17. The Morgan fingerprint density at radius 2 is 1.80 bits per heavy atom. The largest absolute Gasteiger partial charge is 0.456 e. The molecule has 1 aliphatic heterocycles. The first-order valence-electron chi connectivity index (χ1n) is 9.52. The molecular formula is C21H18N4O5. The van der Waals surface area contributed by atoms with Gasteiger partial charge in [-0.1, -0.05) is 24.3 Å². The van der Waals surface area contributed by atoms with Crippen molar-refractivity contribution in [1.29, 1.82) is 5.26 Å². The molecule has 2 atom stereocenters. The summed E-state index contributed by atoms with van der Waals surface area (Å²) in [5.41, 5.74) is 0.0129. The summed E-state index contributed by atoms with van der Waals surface area (Å²) in [5, 5.41) is 9.39. The number of esters is 1. The summed E-state index contributed by atoms with van der Waals surface area (Å²) in [6.45, 7) is -1.09. The van der Waals surface area contributed by atoms with Gasteiger partial charge in [0.1, 0.15) is 19.7 Å². The summed E-state index contributed by atoms with van der Waals surface area (Å²) in [7, 11) is 0. The molecular weight excluding hydrogens is 388 g/mol. The van der Waals surface area contributed by atoms with Gasteiger partial charge in [0.2, 0.25) is 11.8 Å². The molecule has 1 aromatic heterocycles. The molecule has 30 heavy (non-hydrogen) atoms. The van der Waals surface area contributed by atoms with Gasteiger partial charge in [-0.3, -0.25) is 28.6 Å². The fourth-order valence-electron chi connectivity index (χ4n) is 3.90. The van der Waals surface area contributed by atoms with E-state index < -0.39 is 29.9 Å². The first kappa shape index (κ1) is 19.5. The van der Waals surface area contributed by atoms with Crippen LogP contribution in [0.15, 0.2) is 41.2 Å². The number of hydrogen-bond donors (Lipinski definition) is 0. The second kappa shape index (κ2) is 7.91. The van der Waals surface area contributed by atoms with Crippen LogP contribution in [0.1, 0.15) is 18.7 Å². The molecule has 2 aromatic rings. The van der Waals surface area contributed by atoms with Gasteiger partial charge in [0.05, 0.1) is 28.8 Å². The van der Waals surface area contributed by atoms with Crippen LogP contribution in [0.5, 0.6) is 0 Å². The highest BCUT2D eigenvalue weighted by atomic mass is 16.5. The highest BCUT2D eigenvalue weighted by Gasteiger charge is 2.47. The normalized spacial score (nSPS) is 20.3. The van der Waals surface area contributed by atoms with Crippen molar-refractivity contribution in [3.8, 4) is 6.07 Å². The summed E-state index contributed by atoms with van der Waals surface area (Å²) >= 11 is 0. The minimum absolute atomic E-state index is 0.116. The number of imide groups is 1. The SMILES string of the molecule is N#CCn1c(COC(=O)CN2C(=O)[C@H]3CC=CC[C@H]3C2=O)nc2ccccc2c1=O. The van der Waals surface area contributed by atoms with E-state index in [0.717, 1.165) is 9.47 Å². The number of ether oxygens (including phenoxy) is 1. The number of nitrogens with zero attached hydrogens (tertiary/aromatic N) is 4. The van der Waals surface area contributed by atoms with Crippen molar-refractivity contribution in [2.45, 2.75) is 26.0 Å². The Bertz CT molecular complexity index is 1150. The number of allylic oxidation sites excluding steroid dienone is 2. The van der Waals surface area contributed by atoms with Crippen LogP contribution >= 0.6 is 0 Å². The van der Waals surface area contributed by atoms with Crippen molar-refractivity contribution in [3.05, 3.63) is 52.6 Å². The zero-order chi connectivity index (χ0) is 21.3. The third-order valence-corrected chi connectivity index (χ3v) is 5.42. The Balaban J connectivity index is 1.49. The Morgan fingerprint density at radius 1 is 1.13 bits per heavy atom. The molecule has 2 heterocycles. The van der Waals surface area contributed by atoms with Gasteiger partial charge in [0.25, 0.3) is 5.56 Å². The zero-order valence-electron chi connectivity index (χ0n) is 16.0. The van der Waals surface area contributed by atoms with Crippen molar-refractivity contribution >= 4 is 28.7 Å². The maximum absolute atomic E-state index is 12.6. The second-order valence-corrected chi connectivity index (χ2v) is 7.17. The lowest BCUT2D eigenvalue weighted by molar-refractivity contribution is -0.154. The number of fused-ring (bicyclic) bond motifs is 2. The van der Waals surface area contributed by atoms with Crippen molar-refractivity contribution in [2.75, 3.05) is 6.54 Å². The Morgan fingerprint density at radius 3 is 2.47 bits per heavy atom. The minimum Gasteiger partial charge on any atom is -0.456 e. The van der Waals surface area contributed by atoms with E-state index in [-0.39, 0.29) is 30.8 Å². The van der Waals surface area contributed by atoms with Gasteiger partial charge in [-0.15, -0.1) is 0 Å². The molecule has 1 aliphatic carbocycles. The van der Waals surface area contributed by atoms with E-state index in [0.29, 0.717) is 23.7 Å². The van der Waals surface area contributed by atoms with Crippen LogP contribution in [-0.2, 0) is 32.3 Å². The van der Waals surface area contributed by atoms with Gasteiger partial charge >= 0.3 is 5.97 Å². The van der Waals surface area contributed by atoms with E-state index in [1.807, 2.05) is 18.2 Å². The fraction of sp³-hybridized carbons (Fsp3) is 0.333. The molecule has 2 amide bonds. The molecule has 9 heteroatoms. The van der Waals surface area contributed by atoms with E-state index in [9.17, 15) is 19.2 Å². The first-order valence-corrected chi connectivity index (χ1v) is 9.52. The Hall–Kier alpha value is -3.80. The lowest BCUT2D eigenvalue weighted by atomic mass is 9.85. The summed E-state index contributed by atoms with van der Waals surface area (Å²) in [6.07, 6.45) is 4.71. The maximum Gasteiger partial charge on any atom is 0.326 e. The molecule has 1 fully saturated rings. The van der Waals surface area contributed by atoms with Crippen molar-refractivity contribution in [1.82, 2.24) is 14.5 Å². The molecule has 2 aliphatic rings. The lowest BCUT2D eigenvalue weighted by Gasteiger charge is -2.15. The molecule has 0 bridgehead atoms. The van der Waals surface area contributed by atoms with Gasteiger partial charge in [0, 0.05) is 0 Å². The molecule has 0 saturated carbocycles. The van der Waals surface area contributed by atoms with Crippen LogP contribution in [0.2, 0.25) is 0 Å². The Labute approximate surface area is 171 Å². The van der Waals surface area contributed by atoms with Gasteiger partial charge < -0.3 is 4.74 Å². The Kier molecular flexibility index (Phi) is 5.14. The van der Waals surface area contributed by atoms with Gasteiger partial charge in [-0.25, -0.2) is 4.98 Å². The van der Waals surface area contributed by atoms with Crippen LogP contribution in [0.3, 0.4) is 0 Å². The average molecular weight is 406 g/mol. The number of nitriles is 1. The molecule has 0 spiro atoms. The number of hydrogen-bond acceptors (Lipinski definition) is 7. The van der Waals surface area contributed by atoms with Crippen LogP contribution in [-0.4, -0.2) is 38.8 Å². The molecule has 1 saturated heterocycles. The van der Waals surface area contributed by atoms with E-state index in [4.69, 9.17) is 10.00 Å². The van der Waals surface area contributed by atoms with Crippen molar-refractivity contribution in [2.24, 2.45) is 11.8 Å². The molecule has 152 valence electrons. The van der Waals surface area contributed by atoms with E-state index >= 15 is 0 Å². The standard InChI is InChI=1S/C21H18N4O5/c22-9-10-24-17(23-16-8-4-3-7-15(16)21(24)29)12-30-18(26)11-25-19(27)13-5-1-2-6-14(13)20(25)28/h1-4,7-8,13-14H,5-6,10-12H2/t13-,14+. The molecule has 9 nitrogen and oxygen atoms in total. The number of aromatic nitrogens is 2. The molecule has 0 unspecified atom stereocenters. The predicted octanol–water partition coefficient (Wildman–Crippen LogP) is 0.914. The maximum atomic E-state index is 12.6. The van der Waals surface area contributed by atoms with Gasteiger partial charge in [-0.2, -0.15) is 5.26 Å². The number of para-hydroxylation sites is 1. The molecule has 0 radical (unpaired) electrons. The third kappa shape index (κ3) is 3.37. The quantitative estimate of drug-likeness (QED) is 0.411. The fourth-order valence-corrected chi connectivity index (χ4v) is 3.90. The number of amides is 2. The topological polar surface area (TPSA) is 122 Å². The van der Waals surface area contributed by atoms with Crippen LogP contribution in [0.4, 0.5) is 0 Å². The highest BCUT2D eigenvalue weighted by Crippen LogP contribution is 2.34. The number of carbonyl (C=O) groups is 3. The van der Waals surface area contributed by atoms with Crippen LogP contribution in [0, 0.1) is 23.2 Å². The first-order chi connectivity index (χ1) is 14.5. The summed E-state index contributed by atoms with van der Waals surface area (Å²) in [6, 6.07) is 8.56. The highest BCUT2D eigenvalue weighted by molar-refractivity contribution is 6.07.